The number of rotatable bonds is 8. The maximum absolute atomic E-state index is 12.8. The van der Waals surface area contributed by atoms with Crippen molar-refractivity contribution in [1.29, 1.82) is 0 Å². The number of pyridine rings is 1. The number of piperidine rings is 1. The summed E-state index contributed by atoms with van der Waals surface area (Å²) in [6, 6.07) is 11.6. The number of hydrogen-bond acceptors (Lipinski definition) is 5. The molecule has 1 saturated heterocycles. The highest BCUT2D eigenvalue weighted by molar-refractivity contribution is 5.89. The van der Waals surface area contributed by atoms with Crippen LogP contribution < -0.4 is 11.1 Å². The SMILES string of the molecule is Cc1ccccc1CN1CCC[C@@H](C(=O)N[C@@H](C)C(=O)CCc2ccc(N)nc2C)C1. The Morgan fingerprint density at radius 2 is 1.97 bits per heavy atom. The van der Waals surface area contributed by atoms with Crippen LogP contribution in [0.5, 0.6) is 0 Å². The van der Waals surface area contributed by atoms with E-state index in [1.807, 2.05) is 13.0 Å². The molecule has 1 aliphatic rings. The number of carbonyl (C=O) groups is 2. The molecule has 2 atom stereocenters. The highest BCUT2D eigenvalue weighted by Crippen LogP contribution is 2.20. The number of nitrogens with two attached hydrogens (primary N) is 1. The Balaban J connectivity index is 1.49. The molecular formula is C25H34N4O2. The third kappa shape index (κ3) is 6.37. The van der Waals surface area contributed by atoms with Crippen molar-refractivity contribution in [1.82, 2.24) is 15.2 Å². The first-order valence-corrected chi connectivity index (χ1v) is 11.2. The lowest BCUT2D eigenvalue weighted by atomic mass is 9.95. The summed E-state index contributed by atoms with van der Waals surface area (Å²) in [5.41, 5.74) is 10.1. The van der Waals surface area contributed by atoms with Crippen molar-refractivity contribution in [2.24, 2.45) is 5.92 Å². The number of nitrogen functional groups attached to an aromatic ring is 1. The molecule has 1 aromatic carbocycles. The van der Waals surface area contributed by atoms with Gasteiger partial charge in [-0.05, 0) is 69.3 Å². The van der Waals surface area contributed by atoms with Gasteiger partial charge in [0.25, 0.3) is 0 Å². The van der Waals surface area contributed by atoms with Crippen LogP contribution in [0.1, 0.15) is 48.6 Å². The maximum atomic E-state index is 12.8. The van der Waals surface area contributed by atoms with Crippen LogP contribution in [-0.2, 0) is 22.6 Å². The minimum atomic E-state index is -0.485. The van der Waals surface area contributed by atoms with Gasteiger partial charge in [-0.1, -0.05) is 30.3 Å². The Labute approximate surface area is 185 Å². The summed E-state index contributed by atoms with van der Waals surface area (Å²) in [4.78, 5) is 32.0. The number of amides is 1. The standard InChI is InChI=1S/C25H34N4O2/c1-17-7-4-5-8-21(17)15-29-14-6-9-22(16-29)25(31)28-19(3)23(30)12-10-20-11-13-24(26)27-18(20)2/h4-5,7-8,11,13,19,22H,6,9-10,12,14-16H2,1-3H3,(H2,26,27)(H,28,31)/t19-,22+/m0/s1. The molecule has 0 aliphatic carbocycles. The number of carbonyl (C=O) groups excluding carboxylic acids is 2. The molecule has 1 aliphatic heterocycles. The van der Waals surface area contributed by atoms with Crippen molar-refractivity contribution in [3.8, 4) is 0 Å². The number of aromatic nitrogens is 1. The Kier molecular flexibility index (Phi) is 7.80. The van der Waals surface area contributed by atoms with Crippen molar-refractivity contribution in [2.75, 3.05) is 18.8 Å². The summed E-state index contributed by atoms with van der Waals surface area (Å²) in [7, 11) is 0. The number of ketones is 1. The predicted octanol–water partition coefficient (Wildman–Crippen LogP) is 3.20. The predicted molar refractivity (Wildman–Crippen MR) is 123 cm³/mol. The second-order valence-corrected chi connectivity index (χ2v) is 8.68. The van der Waals surface area contributed by atoms with E-state index in [0.29, 0.717) is 18.7 Å². The Morgan fingerprint density at radius 1 is 1.19 bits per heavy atom. The van der Waals surface area contributed by atoms with Gasteiger partial charge in [0.05, 0.1) is 12.0 Å². The molecule has 3 rings (SSSR count). The molecule has 0 saturated carbocycles. The minimum absolute atomic E-state index is 0.0133. The highest BCUT2D eigenvalue weighted by atomic mass is 16.2. The van der Waals surface area contributed by atoms with Crippen LogP contribution in [0.2, 0.25) is 0 Å². The zero-order chi connectivity index (χ0) is 22.4. The number of likely N-dealkylation sites (tertiary alicyclic amines) is 1. The third-order valence-corrected chi connectivity index (χ3v) is 6.23. The number of Topliss-reactive ketones (excluding diaryl/α,β-unsaturated/α-hetero) is 1. The Hall–Kier alpha value is -2.73. The molecule has 0 unspecified atom stereocenters. The number of aryl methyl sites for hydroxylation is 3. The smallest absolute Gasteiger partial charge is 0.224 e. The summed E-state index contributed by atoms with van der Waals surface area (Å²) in [6.07, 6.45) is 2.84. The van der Waals surface area contributed by atoms with E-state index >= 15 is 0 Å². The lowest BCUT2D eigenvalue weighted by Gasteiger charge is -2.32. The molecule has 6 nitrogen and oxygen atoms in total. The van der Waals surface area contributed by atoms with Crippen LogP contribution in [-0.4, -0.2) is 40.7 Å². The van der Waals surface area contributed by atoms with E-state index in [1.54, 1.807) is 13.0 Å². The van der Waals surface area contributed by atoms with Crippen LogP contribution in [0.15, 0.2) is 36.4 Å². The molecule has 1 fully saturated rings. The molecule has 3 N–H and O–H groups in total. The summed E-state index contributed by atoms with van der Waals surface area (Å²) in [6.45, 7) is 8.40. The van der Waals surface area contributed by atoms with Crippen LogP contribution in [0.3, 0.4) is 0 Å². The number of anilines is 1. The fourth-order valence-electron chi connectivity index (χ4n) is 4.20. The van der Waals surface area contributed by atoms with E-state index in [1.165, 1.54) is 11.1 Å². The van der Waals surface area contributed by atoms with Crippen molar-refractivity contribution < 1.29 is 9.59 Å². The van der Waals surface area contributed by atoms with E-state index in [0.717, 1.165) is 43.7 Å². The molecular weight excluding hydrogens is 388 g/mol. The van der Waals surface area contributed by atoms with Crippen LogP contribution in [0, 0.1) is 19.8 Å². The minimum Gasteiger partial charge on any atom is -0.384 e. The van der Waals surface area contributed by atoms with Gasteiger partial charge in [0.2, 0.25) is 5.91 Å². The van der Waals surface area contributed by atoms with Gasteiger partial charge in [-0.25, -0.2) is 4.98 Å². The van der Waals surface area contributed by atoms with Gasteiger partial charge in [0, 0.05) is 25.2 Å². The topological polar surface area (TPSA) is 88.3 Å². The van der Waals surface area contributed by atoms with Crippen LogP contribution in [0.25, 0.3) is 0 Å². The lowest BCUT2D eigenvalue weighted by molar-refractivity contribution is -0.131. The van der Waals surface area contributed by atoms with Gasteiger partial charge in [-0.15, -0.1) is 0 Å². The summed E-state index contributed by atoms with van der Waals surface area (Å²) in [5, 5.41) is 2.95. The summed E-state index contributed by atoms with van der Waals surface area (Å²) >= 11 is 0. The van der Waals surface area contributed by atoms with E-state index in [4.69, 9.17) is 5.73 Å². The van der Waals surface area contributed by atoms with Crippen molar-refractivity contribution in [2.45, 2.75) is 59.0 Å². The molecule has 2 aromatic rings. The summed E-state index contributed by atoms with van der Waals surface area (Å²) in [5.74, 6) is 0.437. The molecule has 1 amide bonds. The zero-order valence-corrected chi connectivity index (χ0v) is 18.9. The first-order valence-electron chi connectivity index (χ1n) is 11.2. The first-order chi connectivity index (χ1) is 14.8. The van der Waals surface area contributed by atoms with Crippen molar-refractivity contribution in [3.63, 3.8) is 0 Å². The molecule has 31 heavy (non-hydrogen) atoms. The number of nitrogens with one attached hydrogen (secondary N) is 1. The first kappa shape index (κ1) is 22.9. The molecule has 166 valence electrons. The van der Waals surface area contributed by atoms with Gasteiger partial charge in [-0.2, -0.15) is 0 Å². The molecule has 0 bridgehead atoms. The number of nitrogens with zero attached hydrogens (tertiary/aromatic N) is 2. The van der Waals surface area contributed by atoms with Crippen molar-refractivity contribution >= 4 is 17.5 Å². The third-order valence-electron chi connectivity index (χ3n) is 6.23. The second-order valence-electron chi connectivity index (χ2n) is 8.68. The highest BCUT2D eigenvalue weighted by Gasteiger charge is 2.28. The average molecular weight is 423 g/mol. The summed E-state index contributed by atoms with van der Waals surface area (Å²) < 4.78 is 0. The monoisotopic (exact) mass is 422 g/mol. The Morgan fingerprint density at radius 3 is 2.71 bits per heavy atom. The van der Waals surface area contributed by atoms with Gasteiger partial charge in [-0.3, -0.25) is 14.5 Å². The van der Waals surface area contributed by atoms with Gasteiger partial charge >= 0.3 is 0 Å². The van der Waals surface area contributed by atoms with E-state index in [9.17, 15) is 9.59 Å². The van der Waals surface area contributed by atoms with Crippen LogP contribution in [0.4, 0.5) is 5.82 Å². The van der Waals surface area contributed by atoms with E-state index in [2.05, 4.69) is 46.4 Å². The molecule has 0 spiro atoms. The van der Waals surface area contributed by atoms with Gasteiger partial charge in [0.15, 0.2) is 5.78 Å². The zero-order valence-electron chi connectivity index (χ0n) is 18.9. The van der Waals surface area contributed by atoms with E-state index < -0.39 is 6.04 Å². The average Bonchev–Trinajstić information content (AvgIpc) is 2.74. The molecule has 0 radical (unpaired) electrons. The van der Waals surface area contributed by atoms with Gasteiger partial charge < -0.3 is 11.1 Å². The van der Waals surface area contributed by atoms with Crippen molar-refractivity contribution in [3.05, 3.63) is 58.8 Å². The van der Waals surface area contributed by atoms with E-state index in [-0.39, 0.29) is 17.6 Å². The Bertz CT molecular complexity index is 927. The largest absolute Gasteiger partial charge is 0.384 e. The lowest BCUT2D eigenvalue weighted by Crippen LogP contribution is -2.47. The second kappa shape index (κ2) is 10.5. The fourth-order valence-corrected chi connectivity index (χ4v) is 4.20. The maximum Gasteiger partial charge on any atom is 0.224 e. The number of benzene rings is 1. The normalized spacial score (nSPS) is 17.8. The molecule has 2 heterocycles. The number of hydrogen-bond donors (Lipinski definition) is 2. The quantitative estimate of drug-likeness (QED) is 0.682. The fraction of sp³-hybridized carbons (Fsp3) is 0.480. The van der Waals surface area contributed by atoms with Crippen LogP contribution >= 0.6 is 0 Å². The molecule has 1 aromatic heterocycles. The molecule has 6 heteroatoms. The van der Waals surface area contributed by atoms with Gasteiger partial charge in [0.1, 0.15) is 5.82 Å².